The Balaban J connectivity index is 1.88. The van der Waals surface area contributed by atoms with Gasteiger partial charge in [-0.2, -0.15) is 0 Å². The van der Waals surface area contributed by atoms with Gasteiger partial charge in [-0.1, -0.05) is 42.5 Å². The van der Waals surface area contributed by atoms with E-state index in [0.29, 0.717) is 22.6 Å². The average Bonchev–Trinajstić information content (AvgIpc) is 3.30. The molecule has 5 atom stereocenters. The van der Waals surface area contributed by atoms with Gasteiger partial charge in [0, 0.05) is 18.1 Å². The summed E-state index contributed by atoms with van der Waals surface area (Å²) in [5, 5.41) is 24.5. The molecule has 1 aliphatic heterocycles. The van der Waals surface area contributed by atoms with E-state index < -0.39 is 35.1 Å². The van der Waals surface area contributed by atoms with Crippen LogP contribution in [0.2, 0.25) is 0 Å². The van der Waals surface area contributed by atoms with Crippen LogP contribution >= 0.6 is 0 Å². The van der Waals surface area contributed by atoms with Crippen molar-refractivity contribution in [3.63, 3.8) is 0 Å². The monoisotopic (exact) mass is 492 g/mol. The first-order chi connectivity index (χ1) is 17.4. The summed E-state index contributed by atoms with van der Waals surface area (Å²) in [5.41, 5.74) is -2.24. The van der Waals surface area contributed by atoms with Crippen molar-refractivity contribution in [1.82, 2.24) is 0 Å². The average molecular weight is 493 g/mol. The number of aliphatic hydroxyl groups excluding tert-OH is 1. The number of fused-ring (bicyclic) bond motifs is 3. The maximum atomic E-state index is 13.2. The molecule has 5 rings (SSSR count). The molecule has 2 aliphatic rings. The van der Waals surface area contributed by atoms with Crippen LogP contribution in [0.4, 0.5) is 0 Å². The highest BCUT2D eigenvalue weighted by molar-refractivity contribution is 5.78. The minimum atomic E-state index is -2.09. The molecule has 0 aromatic heterocycles. The van der Waals surface area contributed by atoms with E-state index in [1.54, 1.807) is 43.5 Å². The van der Waals surface area contributed by atoms with E-state index in [0.717, 1.165) is 0 Å². The van der Waals surface area contributed by atoms with Crippen molar-refractivity contribution in [2.75, 3.05) is 28.4 Å². The summed E-state index contributed by atoms with van der Waals surface area (Å²) in [5.74, 6) is -1.04. The number of carbonyl (C=O) groups excluding carboxylic acids is 1. The minimum Gasteiger partial charge on any atom is -0.497 e. The zero-order valence-electron chi connectivity index (χ0n) is 20.4. The summed E-state index contributed by atoms with van der Waals surface area (Å²) in [6.45, 7) is 0. The quantitative estimate of drug-likeness (QED) is 0.506. The molecule has 36 heavy (non-hydrogen) atoms. The molecule has 0 radical (unpaired) electrons. The number of hydrogen-bond acceptors (Lipinski definition) is 8. The highest BCUT2D eigenvalue weighted by atomic mass is 16.6. The van der Waals surface area contributed by atoms with Crippen molar-refractivity contribution < 1.29 is 38.7 Å². The van der Waals surface area contributed by atoms with Crippen molar-refractivity contribution in [3.8, 4) is 23.0 Å². The van der Waals surface area contributed by atoms with Crippen molar-refractivity contribution >= 4 is 5.97 Å². The third-order valence-electron chi connectivity index (χ3n) is 7.43. The normalized spacial score (nSPS) is 28.0. The molecular formula is C28H28O8. The molecule has 0 spiro atoms. The van der Waals surface area contributed by atoms with Crippen LogP contribution in [-0.2, 0) is 20.7 Å². The van der Waals surface area contributed by atoms with Crippen LogP contribution in [0.3, 0.4) is 0 Å². The Bertz CT molecular complexity index is 1270. The maximum absolute atomic E-state index is 13.2. The molecule has 2 N–H and O–H groups in total. The Morgan fingerprint density at radius 2 is 1.56 bits per heavy atom. The molecular weight excluding hydrogens is 464 g/mol. The van der Waals surface area contributed by atoms with Crippen LogP contribution in [0.15, 0.2) is 66.7 Å². The van der Waals surface area contributed by atoms with E-state index in [4.69, 9.17) is 23.7 Å². The summed E-state index contributed by atoms with van der Waals surface area (Å²) >= 11 is 0. The van der Waals surface area contributed by atoms with Crippen LogP contribution in [0, 0.1) is 5.92 Å². The van der Waals surface area contributed by atoms with Gasteiger partial charge in [0.1, 0.15) is 29.1 Å². The third kappa shape index (κ3) is 3.04. The predicted molar refractivity (Wildman–Crippen MR) is 129 cm³/mol. The van der Waals surface area contributed by atoms with Gasteiger partial charge in [-0.05, 0) is 23.3 Å². The van der Waals surface area contributed by atoms with Gasteiger partial charge in [-0.15, -0.1) is 0 Å². The molecule has 8 nitrogen and oxygen atoms in total. The zero-order chi connectivity index (χ0) is 25.7. The second-order valence-electron chi connectivity index (χ2n) is 8.92. The van der Waals surface area contributed by atoms with E-state index in [2.05, 4.69) is 0 Å². The summed E-state index contributed by atoms with van der Waals surface area (Å²) in [6, 6.07) is 19.5. The molecule has 1 aliphatic carbocycles. The van der Waals surface area contributed by atoms with Crippen molar-refractivity contribution in [3.05, 3.63) is 83.4 Å². The first-order valence-corrected chi connectivity index (χ1v) is 11.5. The fourth-order valence-corrected chi connectivity index (χ4v) is 5.90. The molecule has 0 amide bonds. The van der Waals surface area contributed by atoms with Crippen LogP contribution in [0.5, 0.6) is 23.0 Å². The number of aliphatic hydroxyl groups is 2. The van der Waals surface area contributed by atoms with E-state index in [1.807, 2.05) is 30.3 Å². The lowest BCUT2D eigenvalue weighted by molar-refractivity contribution is -0.161. The largest absolute Gasteiger partial charge is 0.497 e. The fourth-order valence-electron chi connectivity index (χ4n) is 5.90. The number of esters is 1. The molecule has 1 saturated carbocycles. The van der Waals surface area contributed by atoms with Crippen molar-refractivity contribution in [1.29, 1.82) is 0 Å². The molecule has 3 aromatic carbocycles. The van der Waals surface area contributed by atoms with E-state index >= 15 is 0 Å². The molecule has 0 saturated heterocycles. The number of ether oxygens (including phenoxy) is 5. The molecule has 1 fully saturated rings. The van der Waals surface area contributed by atoms with E-state index in [9.17, 15) is 15.0 Å². The van der Waals surface area contributed by atoms with Crippen LogP contribution in [0.25, 0.3) is 0 Å². The second kappa shape index (κ2) is 8.72. The van der Waals surface area contributed by atoms with Crippen LogP contribution < -0.4 is 18.9 Å². The summed E-state index contributed by atoms with van der Waals surface area (Å²) in [7, 11) is 5.79. The van der Waals surface area contributed by atoms with Gasteiger partial charge in [0.05, 0.1) is 39.9 Å². The molecule has 188 valence electrons. The lowest BCUT2D eigenvalue weighted by Gasteiger charge is -2.40. The van der Waals surface area contributed by atoms with Crippen LogP contribution in [-0.4, -0.2) is 50.7 Å². The molecule has 3 aromatic rings. The number of hydrogen-bond donors (Lipinski definition) is 2. The van der Waals surface area contributed by atoms with Gasteiger partial charge in [0.15, 0.2) is 11.2 Å². The SMILES string of the molecule is COC(=O)[C@@H]1[C@@H](O)[C@@]2(O)c3c(OC)cc(OC)cc3O[C@@]2(c2ccc(OC)cc2)[C@H]1c1ccccc1. The Labute approximate surface area is 209 Å². The smallest absolute Gasteiger partial charge is 0.312 e. The Morgan fingerprint density at radius 3 is 2.14 bits per heavy atom. The summed E-state index contributed by atoms with van der Waals surface area (Å²) < 4.78 is 28.2. The van der Waals surface area contributed by atoms with Crippen LogP contribution in [0.1, 0.15) is 22.6 Å². The lowest BCUT2D eigenvalue weighted by atomic mass is 9.70. The van der Waals surface area contributed by atoms with Gasteiger partial charge in [0.25, 0.3) is 0 Å². The number of benzene rings is 3. The van der Waals surface area contributed by atoms with Gasteiger partial charge in [-0.3, -0.25) is 4.79 Å². The summed E-state index contributed by atoms with van der Waals surface area (Å²) in [4.78, 5) is 13.2. The predicted octanol–water partition coefficient (Wildman–Crippen LogP) is 3.14. The highest BCUT2D eigenvalue weighted by Crippen LogP contribution is 2.70. The van der Waals surface area contributed by atoms with Gasteiger partial charge in [0.2, 0.25) is 0 Å². The van der Waals surface area contributed by atoms with E-state index in [-0.39, 0.29) is 17.1 Å². The zero-order valence-corrected chi connectivity index (χ0v) is 20.4. The van der Waals surface area contributed by atoms with Crippen molar-refractivity contribution in [2.24, 2.45) is 5.92 Å². The molecule has 1 heterocycles. The van der Waals surface area contributed by atoms with Crippen molar-refractivity contribution in [2.45, 2.75) is 23.2 Å². The molecule has 8 heteroatoms. The Kier molecular flexibility index (Phi) is 5.81. The standard InChI is InChI=1S/C28H28O8/c1-32-18-12-10-17(11-13-18)28-23(16-8-6-5-7-9-16)22(26(30)35-4)25(29)27(28,31)24-20(34-3)14-19(33-2)15-21(24)36-28/h5-15,22-23,25,29,31H,1-4H3/t22-,23-,25+,27-,28-/m0/s1. The highest BCUT2D eigenvalue weighted by Gasteiger charge is 2.78. The van der Waals surface area contributed by atoms with Gasteiger partial charge < -0.3 is 33.9 Å². The molecule has 0 bridgehead atoms. The topological polar surface area (TPSA) is 104 Å². The Morgan fingerprint density at radius 1 is 0.889 bits per heavy atom. The Hall–Kier alpha value is -3.75. The first-order valence-electron chi connectivity index (χ1n) is 11.5. The second-order valence-corrected chi connectivity index (χ2v) is 8.92. The van der Waals surface area contributed by atoms with E-state index in [1.165, 1.54) is 21.3 Å². The first kappa shape index (κ1) is 24.0. The van der Waals surface area contributed by atoms with Gasteiger partial charge in [-0.25, -0.2) is 0 Å². The summed E-state index contributed by atoms with van der Waals surface area (Å²) in [6.07, 6.45) is -1.60. The lowest BCUT2D eigenvalue weighted by Crippen LogP contribution is -2.52. The number of carbonyl (C=O) groups is 1. The minimum absolute atomic E-state index is 0.237. The number of rotatable bonds is 6. The maximum Gasteiger partial charge on any atom is 0.312 e. The van der Waals surface area contributed by atoms with Gasteiger partial charge >= 0.3 is 5.97 Å². The third-order valence-corrected chi connectivity index (χ3v) is 7.43. The fraction of sp³-hybridized carbons (Fsp3) is 0.321. The number of methoxy groups -OCH3 is 4. The molecule has 0 unspecified atom stereocenters.